The molecule has 1 aromatic heterocycles. The normalized spacial score (nSPS) is 13.2. The molecule has 0 atom stereocenters. The van der Waals surface area contributed by atoms with Gasteiger partial charge in [0, 0.05) is 17.0 Å². The highest BCUT2D eigenvalue weighted by Crippen LogP contribution is 2.24. The minimum absolute atomic E-state index is 0.168. The smallest absolute Gasteiger partial charge is 0.0934 e. The van der Waals surface area contributed by atoms with E-state index in [1.165, 1.54) is 10.5 Å². The second-order valence-electron chi connectivity index (χ2n) is 4.90. The van der Waals surface area contributed by atoms with E-state index >= 15 is 0 Å². The van der Waals surface area contributed by atoms with Crippen molar-refractivity contribution in [3.63, 3.8) is 0 Å². The van der Waals surface area contributed by atoms with Crippen molar-refractivity contribution in [1.29, 1.82) is 0 Å². The number of thiophene rings is 1. The maximum absolute atomic E-state index is 5.91. The molecule has 0 aromatic carbocycles. The lowest BCUT2D eigenvalue weighted by Crippen LogP contribution is -2.36. The van der Waals surface area contributed by atoms with E-state index in [2.05, 4.69) is 45.2 Å². The van der Waals surface area contributed by atoms with Crippen LogP contribution in [0, 0.1) is 0 Å². The van der Waals surface area contributed by atoms with Gasteiger partial charge in [0.2, 0.25) is 0 Å². The second kappa shape index (κ2) is 5.85. The van der Waals surface area contributed by atoms with Crippen molar-refractivity contribution in [3.05, 3.63) is 26.9 Å². The van der Waals surface area contributed by atoms with Crippen LogP contribution in [-0.4, -0.2) is 12.1 Å². The van der Waals surface area contributed by atoms with Crippen molar-refractivity contribution in [1.82, 2.24) is 5.32 Å². The van der Waals surface area contributed by atoms with E-state index in [1.807, 2.05) is 6.07 Å². The fraction of sp³-hybridized carbons (Fsp3) is 0.538. The zero-order chi connectivity index (χ0) is 12.2. The first kappa shape index (κ1) is 13.8. The van der Waals surface area contributed by atoms with Gasteiger partial charge in [-0.25, -0.2) is 0 Å². The lowest BCUT2D eigenvalue weighted by molar-refractivity contribution is 0.443. The molecule has 0 fully saturated rings. The molecule has 1 rings (SSSR count). The van der Waals surface area contributed by atoms with Gasteiger partial charge in [-0.1, -0.05) is 24.1 Å². The molecule has 1 aromatic rings. The summed E-state index contributed by atoms with van der Waals surface area (Å²) < 4.78 is 0.852. The fourth-order valence-corrected chi connectivity index (χ4v) is 2.32. The molecule has 3 heteroatoms. The molecule has 0 saturated heterocycles. The summed E-state index contributed by atoms with van der Waals surface area (Å²) in [4.78, 5) is 1.23. The number of halogens is 1. The van der Waals surface area contributed by atoms with Crippen LogP contribution in [0.1, 0.15) is 39.0 Å². The minimum atomic E-state index is 0.168. The Morgan fingerprint density at radius 2 is 2.12 bits per heavy atom. The van der Waals surface area contributed by atoms with Crippen molar-refractivity contribution in [3.8, 4) is 0 Å². The molecule has 0 aliphatic carbocycles. The first-order valence-corrected chi connectivity index (χ1v) is 6.80. The van der Waals surface area contributed by atoms with Gasteiger partial charge in [0.1, 0.15) is 0 Å². The van der Waals surface area contributed by atoms with Crippen LogP contribution in [0.5, 0.6) is 0 Å². The summed E-state index contributed by atoms with van der Waals surface area (Å²) >= 11 is 7.54. The maximum Gasteiger partial charge on any atom is 0.0934 e. The summed E-state index contributed by atoms with van der Waals surface area (Å²) in [6.45, 7) is 9.67. The summed E-state index contributed by atoms with van der Waals surface area (Å²) in [6.07, 6.45) is 3.30. The molecule has 90 valence electrons. The minimum Gasteiger partial charge on any atom is -0.308 e. The van der Waals surface area contributed by atoms with E-state index in [1.54, 1.807) is 11.3 Å². The summed E-state index contributed by atoms with van der Waals surface area (Å²) in [5, 5.41) is 3.50. The molecule has 0 bridgehead atoms. The van der Waals surface area contributed by atoms with Crippen LogP contribution >= 0.6 is 22.9 Å². The Bertz CT molecular complexity index is 360. The molecule has 1 heterocycles. The summed E-state index contributed by atoms with van der Waals surface area (Å²) in [7, 11) is 0. The van der Waals surface area contributed by atoms with E-state index in [9.17, 15) is 0 Å². The van der Waals surface area contributed by atoms with Crippen molar-refractivity contribution < 1.29 is 0 Å². The Balaban J connectivity index is 2.64. The molecule has 0 unspecified atom stereocenters. The number of hydrogen-bond donors (Lipinski definition) is 1. The lowest BCUT2D eigenvalue weighted by Gasteiger charge is -2.21. The molecule has 0 amide bonds. The van der Waals surface area contributed by atoms with Gasteiger partial charge in [0.05, 0.1) is 4.34 Å². The highest BCUT2D eigenvalue weighted by molar-refractivity contribution is 7.17. The molecule has 1 N–H and O–H groups in total. The van der Waals surface area contributed by atoms with Gasteiger partial charge in [-0.05, 0) is 45.4 Å². The summed E-state index contributed by atoms with van der Waals surface area (Å²) in [6, 6.07) is 4.02. The molecule has 0 spiro atoms. The van der Waals surface area contributed by atoms with Crippen LogP contribution < -0.4 is 5.32 Å². The molecule has 0 aliphatic heterocycles. The second-order valence-corrected chi connectivity index (χ2v) is 6.65. The summed E-state index contributed by atoms with van der Waals surface area (Å²) in [5.41, 5.74) is 1.58. The van der Waals surface area contributed by atoms with Crippen LogP contribution in [0.4, 0.5) is 0 Å². The summed E-state index contributed by atoms with van der Waals surface area (Å²) in [5.74, 6) is 0. The Morgan fingerprint density at radius 3 is 2.56 bits per heavy atom. The van der Waals surface area contributed by atoms with Gasteiger partial charge in [0.15, 0.2) is 0 Å². The largest absolute Gasteiger partial charge is 0.308 e. The molecular weight excluding hydrogens is 238 g/mol. The van der Waals surface area contributed by atoms with E-state index in [-0.39, 0.29) is 5.54 Å². The highest BCUT2D eigenvalue weighted by Gasteiger charge is 2.08. The lowest BCUT2D eigenvalue weighted by atomic mass is 10.1. The third kappa shape index (κ3) is 5.15. The Morgan fingerprint density at radius 1 is 1.44 bits per heavy atom. The third-order valence-corrected chi connectivity index (χ3v) is 3.42. The van der Waals surface area contributed by atoms with Crippen LogP contribution in [0.3, 0.4) is 0 Å². The van der Waals surface area contributed by atoms with E-state index in [4.69, 9.17) is 11.6 Å². The van der Waals surface area contributed by atoms with E-state index < -0.39 is 0 Å². The number of hydrogen-bond acceptors (Lipinski definition) is 2. The van der Waals surface area contributed by atoms with Crippen molar-refractivity contribution in [2.75, 3.05) is 6.54 Å². The zero-order valence-electron chi connectivity index (χ0n) is 10.4. The van der Waals surface area contributed by atoms with Gasteiger partial charge >= 0.3 is 0 Å². The monoisotopic (exact) mass is 257 g/mol. The first-order chi connectivity index (χ1) is 7.40. The molecule has 0 radical (unpaired) electrons. The van der Waals surface area contributed by atoms with Crippen LogP contribution in [0.2, 0.25) is 4.34 Å². The molecule has 0 saturated carbocycles. The Hall–Kier alpha value is -0.310. The molecule has 0 aliphatic rings. The third-order valence-electron chi connectivity index (χ3n) is 2.24. The van der Waals surface area contributed by atoms with Gasteiger partial charge < -0.3 is 5.32 Å². The van der Waals surface area contributed by atoms with Crippen molar-refractivity contribution in [2.24, 2.45) is 0 Å². The average Bonchev–Trinajstić information content (AvgIpc) is 2.57. The maximum atomic E-state index is 5.91. The van der Waals surface area contributed by atoms with Crippen LogP contribution in [-0.2, 0) is 0 Å². The van der Waals surface area contributed by atoms with Crippen molar-refractivity contribution >= 4 is 29.0 Å². The fourth-order valence-electron chi connectivity index (χ4n) is 1.26. The Kier molecular flexibility index (Phi) is 5.03. The zero-order valence-corrected chi connectivity index (χ0v) is 12.0. The molecule has 1 nitrogen and oxygen atoms in total. The Labute approximate surface area is 108 Å². The predicted octanol–water partition coefficient (Wildman–Crippen LogP) is 4.58. The highest BCUT2D eigenvalue weighted by atomic mass is 35.5. The van der Waals surface area contributed by atoms with Crippen LogP contribution in [0.15, 0.2) is 17.7 Å². The standard InChI is InChI=1S/C13H20ClNS/c1-5-10(9-15-13(2,3)4)8-11-6-7-12(14)16-11/h6-8,15H,5,9H2,1-4H3. The van der Waals surface area contributed by atoms with Gasteiger partial charge in [0.25, 0.3) is 0 Å². The van der Waals surface area contributed by atoms with Gasteiger partial charge in [-0.15, -0.1) is 11.3 Å². The number of rotatable bonds is 4. The molecule has 16 heavy (non-hydrogen) atoms. The van der Waals surface area contributed by atoms with Crippen LogP contribution in [0.25, 0.3) is 6.08 Å². The average molecular weight is 258 g/mol. The first-order valence-electron chi connectivity index (χ1n) is 5.60. The van der Waals surface area contributed by atoms with Gasteiger partial charge in [-0.2, -0.15) is 0 Å². The molecular formula is C13H20ClNS. The van der Waals surface area contributed by atoms with E-state index in [0.717, 1.165) is 17.3 Å². The quantitative estimate of drug-likeness (QED) is 0.832. The van der Waals surface area contributed by atoms with E-state index in [0.29, 0.717) is 0 Å². The topological polar surface area (TPSA) is 12.0 Å². The SMILES string of the molecule is CCC(=Cc1ccc(Cl)s1)CNC(C)(C)C. The number of nitrogens with one attached hydrogen (secondary N) is 1. The van der Waals surface area contributed by atoms with Gasteiger partial charge in [-0.3, -0.25) is 0 Å². The predicted molar refractivity (Wildman–Crippen MR) is 75.4 cm³/mol. The van der Waals surface area contributed by atoms with Crippen molar-refractivity contribution in [2.45, 2.75) is 39.7 Å².